The molecule has 0 spiro atoms. The SMILES string of the molecule is CCCC[C@H]1C(=O)N(C)[C@@H](CCCC)C(=O)N[C@@H](CC(C)C)C(=O)N[C@H](C(=O)NCC(N)=O)CSCC(=O)N[C@@H](Cc2ccc(O)cc2)C(=O)N(C)[C@@H](C)C(=O)N[C@@H](CC(N)=O)C(=O)N2CCC[C@H]2C(=O)N[C@@H](CN)C(=O)N[C@@H](CCC(=O)O)C(=O)N2C[C@H](O)C[C@H]2C(=O)N[C@@H](Cc2c[nH]c3ccccc23)C(=O)N[C@@H](CCN)C(=O)N[C@@H](Cc2c[nH]c3ccccc23)C(=O)N1C. The van der Waals surface area contributed by atoms with Gasteiger partial charge in [-0.1, -0.05) is 102 Å². The Kier molecular flexibility index (Phi) is 39.0. The summed E-state index contributed by atoms with van der Waals surface area (Å²) in [4.78, 5) is 272. The highest BCUT2D eigenvalue weighted by atomic mass is 32.2. The van der Waals surface area contributed by atoms with Crippen LogP contribution in [0.5, 0.6) is 5.75 Å². The predicted octanol–water partition coefficient (Wildman–Crippen LogP) is -2.98. The molecule has 2 aromatic heterocycles. The van der Waals surface area contributed by atoms with Crippen LogP contribution in [0.25, 0.3) is 21.8 Å². The summed E-state index contributed by atoms with van der Waals surface area (Å²) in [6, 6.07) is -2.26. The van der Waals surface area contributed by atoms with E-state index >= 15 is 33.6 Å². The zero-order valence-corrected chi connectivity index (χ0v) is 75.8. The number of aromatic amines is 2. The number of aliphatic hydroxyl groups excluding tert-OH is 1. The molecule has 714 valence electrons. The van der Waals surface area contributed by atoms with Gasteiger partial charge in [-0.3, -0.25) is 86.3 Å². The summed E-state index contributed by atoms with van der Waals surface area (Å²) < 4.78 is 0. The van der Waals surface area contributed by atoms with Crippen LogP contribution in [0.3, 0.4) is 0 Å². The number of primary amides is 2. The number of aliphatic hydroxyl groups is 1. The summed E-state index contributed by atoms with van der Waals surface area (Å²) in [6.07, 6.45) is -0.210. The average molecular weight is 1850 g/mol. The second kappa shape index (κ2) is 49.3. The minimum Gasteiger partial charge on any atom is -0.508 e. The molecule has 17 amide bonds. The number of carbonyl (C=O) groups is 18. The first-order valence-electron chi connectivity index (χ1n) is 44.0. The van der Waals surface area contributed by atoms with Crippen LogP contribution in [0.4, 0.5) is 0 Å². The van der Waals surface area contributed by atoms with Crippen molar-refractivity contribution in [2.24, 2.45) is 28.9 Å². The highest BCUT2D eigenvalue weighted by Crippen LogP contribution is 2.28. The van der Waals surface area contributed by atoms with Gasteiger partial charge in [-0.15, -0.1) is 11.8 Å². The molecule has 3 fully saturated rings. The lowest BCUT2D eigenvalue weighted by atomic mass is 9.99. The number of amides is 17. The van der Waals surface area contributed by atoms with Crippen molar-refractivity contribution in [3.63, 3.8) is 0 Å². The van der Waals surface area contributed by atoms with Gasteiger partial charge in [0, 0.05) is 113 Å². The molecule has 131 heavy (non-hydrogen) atoms. The lowest BCUT2D eigenvalue weighted by Gasteiger charge is -2.36. The molecular weight excluding hydrogens is 1720 g/mol. The summed E-state index contributed by atoms with van der Waals surface area (Å²) >= 11 is 0.786. The fraction of sp³-hybridized carbons (Fsp3) is 0.545. The number of H-pyrrole nitrogens is 2. The molecule has 0 saturated carbocycles. The number of rotatable bonds is 25. The minimum absolute atomic E-state index is 0.0236. The van der Waals surface area contributed by atoms with Gasteiger partial charge >= 0.3 is 5.97 Å². The number of aliphatic carboxylic acids is 1. The molecule has 23 N–H and O–H groups in total. The monoisotopic (exact) mass is 1840 g/mol. The van der Waals surface area contributed by atoms with E-state index in [-0.39, 0.29) is 82.5 Å². The number of para-hydroxylation sites is 2. The Labute approximate surface area is 761 Å². The third kappa shape index (κ3) is 28.9. The van der Waals surface area contributed by atoms with Crippen molar-refractivity contribution in [1.82, 2.24) is 87.6 Å². The second-order valence-corrected chi connectivity index (χ2v) is 34.8. The largest absolute Gasteiger partial charge is 0.508 e. The molecule has 0 unspecified atom stereocenters. The molecule has 3 aromatic carbocycles. The van der Waals surface area contributed by atoms with Gasteiger partial charge < -0.3 is 126 Å². The van der Waals surface area contributed by atoms with Crippen molar-refractivity contribution in [1.29, 1.82) is 0 Å². The van der Waals surface area contributed by atoms with Crippen molar-refractivity contribution in [2.45, 2.75) is 234 Å². The Morgan fingerprint density at radius 1 is 0.534 bits per heavy atom. The van der Waals surface area contributed by atoms with Gasteiger partial charge in [-0.2, -0.15) is 0 Å². The fourth-order valence-corrected chi connectivity index (χ4v) is 17.0. The molecule has 15 atom stereocenters. The molecule has 0 bridgehead atoms. The number of unbranched alkanes of at least 4 members (excludes halogenated alkanes) is 2. The van der Waals surface area contributed by atoms with E-state index in [4.69, 9.17) is 22.9 Å². The van der Waals surface area contributed by atoms with E-state index in [1.54, 1.807) is 74.8 Å². The molecule has 3 saturated heterocycles. The maximum Gasteiger partial charge on any atom is 0.303 e. The number of aromatic nitrogens is 2. The molecule has 3 aliphatic heterocycles. The van der Waals surface area contributed by atoms with Crippen molar-refractivity contribution < 1.29 is 102 Å². The van der Waals surface area contributed by atoms with E-state index in [0.29, 0.717) is 64.2 Å². The van der Waals surface area contributed by atoms with Gasteiger partial charge in [0.05, 0.1) is 24.8 Å². The molecule has 0 radical (unpaired) electrons. The molecule has 3 aliphatic rings. The second-order valence-electron chi connectivity index (χ2n) is 33.8. The first-order chi connectivity index (χ1) is 62.3. The number of carboxylic acids is 1. The van der Waals surface area contributed by atoms with E-state index in [1.807, 2.05) is 13.8 Å². The Morgan fingerprint density at radius 2 is 1.05 bits per heavy atom. The zero-order chi connectivity index (χ0) is 96.2. The van der Waals surface area contributed by atoms with E-state index in [1.165, 1.54) is 62.1 Å². The number of likely N-dealkylation sites (N-methyl/N-ethyl adjacent to an activating group) is 3. The number of nitrogens with two attached hydrogens (primary N) is 4. The number of phenols is 1. The number of nitrogens with one attached hydrogen (secondary N) is 12. The first kappa shape index (κ1) is 104. The summed E-state index contributed by atoms with van der Waals surface area (Å²) in [7, 11) is 3.95. The first-order valence-corrected chi connectivity index (χ1v) is 45.2. The molecule has 43 heteroatoms. The fourth-order valence-electron chi connectivity index (χ4n) is 16.2. The van der Waals surface area contributed by atoms with E-state index in [2.05, 4.69) is 63.1 Å². The number of benzene rings is 3. The van der Waals surface area contributed by atoms with Crippen LogP contribution in [0, 0.1) is 5.92 Å². The number of nitrogens with zero attached hydrogens (tertiary/aromatic N) is 5. The number of carboxylic acid groups (broad SMARTS) is 1. The number of hydrogen-bond acceptors (Lipinski definition) is 23. The van der Waals surface area contributed by atoms with E-state index in [9.17, 15) is 68.1 Å². The van der Waals surface area contributed by atoms with E-state index in [0.717, 1.165) is 26.5 Å². The van der Waals surface area contributed by atoms with Crippen molar-refractivity contribution in [3.8, 4) is 5.75 Å². The molecular formula is C88H125N21O21S. The summed E-state index contributed by atoms with van der Waals surface area (Å²) in [5.74, 6) is -19.1. The highest BCUT2D eigenvalue weighted by molar-refractivity contribution is 8.00. The van der Waals surface area contributed by atoms with Crippen LogP contribution < -0.4 is 76.1 Å². The summed E-state index contributed by atoms with van der Waals surface area (Å²) in [5.41, 5.74) is 26.1. The Bertz CT molecular complexity index is 4930. The number of hydrogen-bond donors (Lipinski definition) is 19. The van der Waals surface area contributed by atoms with Gasteiger partial charge in [0.25, 0.3) is 0 Å². The van der Waals surface area contributed by atoms with Crippen LogP contribution in [0.1, 0.15) is 141 Å². The lowest BCUT2D eigenvalue weighted by Crippen LogP contribution is -2.61. The number of aromatic hydroxyl groups is 1. The van der Waals surface area contributed by atoms with Gasteiger partial charge in [-0.05, 0) is 105 Å². The maximum atomic E-state index is 15.8. The molecule has 42 nitrogen and oxygen atoms in total. The van der Waals surface area contributed by atoms with Crippen LogP contribution >= 0.6 is 11.8 Å². The Balaban J connectivity index is 1.19. The Morgan fingerprint density at radius 3 is 1.65 bits per heavy atom. The molecule has 8 rings (SSSR count). The third-order valence-electron chi connectivity index (χ3n) is 23.5. The summed E-state index contributed by atoms with van der Waals surface area (Å²) in [5, 5.41) is 58.9. The third-order valence-corrected chi connectivity index (χ3v) is 24.5. The molecule has 5 heterocycles. The van der Waals surface area contributed by atoms with E-state index < -0.39 is 254 Å². The quantitative estimate of drug-likeness (QED) is 0.0277. The number of thioether (sulfide) groups is 1. The maximum absolute atomic E-state index is 15.8. The lowest BCUT2D eigenvalue weighted by molar-refractivity contribution is -0.149. The van der Waals surface area contributed by atoms with Crippen LogP contribution in [-0.2, 0) is 106 Å². The molecule has 5 aromatic rings. The molecule has 0 aliphatic carbocycles. The van der Waals surface area contributed by atoms with Gasteiger partial charge in [0.15, 0.2) is 0 Å². The number of fused-ring (bicyclic) bond motifs is 4. The Hall–Kier alpha value is -12.8. The topological polar surface area (TPSA) is 640 Å². The van der Waals surface area contributed by atoms with Crippen LogP contribution in [-0.4, -0.2) is 312 Å². The van der Waals surface area contributed by atoms with Gasteiger partial charge in [0.2, 0.25) is 100 Å². The zero-order valence-electron chi connectivity index (χ0n) is 74.9. The van der Waals surface area contributed by atoms with Crippen molar-refractivity contribution >= 4 is 140 Å². The van der Waals surface area contributed by atoms with Crippen LogP contribution in [0.2, 0.25) is 0 Å². The number of phenolic OH excluding ortho intramolecular Hbond substituents is 1. The minimum atomic E-state index is -1.83. The van der Waals surface area contributed by atoms with Crippen molar-refractivity contribution in [2.75, 3.05) is 65.4 Å². The average Bonchev–Trinajstić information content (AvgIpc) is 1.72. The normalized spacial score (nSPS) is 25.2. The van der Waals surface area contributed by atoms with Crippen LogP contribution in [0.15, 0.2) is 85.2 Å². The standard InChI is InChI=1S/C88H125N21O21S/c1-9-11-22-67-81(123)99-60(34-47(3)4)78(120)104-66(76(118)95-43-72(92)113)45-131-46-73(114)96-62(35-49-25-27-52(110)28-26-49)84(126)105(6)48(5)75(117)101-64(39-71(91)112)87(129)108-33-17-24-68(108)82(124)103-65(40-90)80(122)98-59(29-30-74(115)116)86(128)109-44-53(111)38-70(109)83(125)100-61(36-50-41-93-56-20-15-13-18-54(50)56)79(121)97-58(31-32-89)77(119)102-63(37-51-42-94-57-21-16-14-19-55(51)57)85(127)107(8)69(23-12-10-2)88(130)106(67)7/h13-16,18-21,25-28,41-42,47-48,53,58-70,93-94,110-111H,9-12,17,22-24,29-40,43-46,89-90H2,1-8H3,(H2,91,112)(H2,92,113)(H,95,118)(H,96,114)(H,97,121)(H,98,122)(H,99,123)(H,100,125)(H,101,117)(H,102,119)(H,103,124)(H,104,120)(H,115,116)/t48-,53+,58-,59-,60-,61-,62-,63-,64-,65-,66-,67-,68-,69-,70-/m0/s1. The predicted molar refractivity (Wildman–Crippen MR) is 481 cm³/mol. The van der Waals surface area contributed by atoms with Crippen molar-refractivity contribution in [3.05, 3.63) is 102 Å². The summed E-state index contributed by atoms with van der Waals surface area (Å²) in [6.45, 7) is 6.11. The highest BCUT2D eigenvalue weighted by Gasteiger charge is 2.47. The number of carbonyl (C=O) groups excluding carboxylic acids is 17. The van der Waals surface area contributed by atoms with Gasteiger partial charge in [-0.25, -0.2) is 0 Å². The smallest absolute Gasteiger partial charge is 0.303 e. The van der Waals surface area contributed by atoms with Gasteiger partial charge in [0.1, 0.15) is 90.3 Å².